The van der Waals surface area contributed by atoms with Crippen LogP contribution in [0.15, 0.2) is 30.3 Å². The maximum Gasteiger partial charge on any atom is 0.140 e. The van der Waals surface area contributed by atoms with Crippen LogP contribution >= 0.6 is 11.6 Å². The van der Waals surface area contributed by atoms with Gasteiger partial charge in [0.1, 0.15) is 10.8 Å². The molecule has 0 aliphatic carbocycles. The minimum atomic E-state index is 0.502. The Morgan fingerprint density at radius 2 is 2.11 bits per heavy atom. The van der Waals surface area contributed by atoms with Crippen molar-refractivity contribution in [3.63, 3.8) is 0 Å². The topological polar surface area (TPSA) is 28.7 Å². The van der Waals surface area contributed by atoms with E-state index in [9.17, 15) is 0 Å². The summed E-state index contributed by atoms with van der Waals surface area (Å²) in [7, 11) is 0. The Hall–Kier alpha value is -1.98. The van der Waals surface area contributed by atoms with Crippen molar-refractivity contribution in [2.24, 2.45) is 0 Å². The van der Waals surface area contributed by atoms with Gasteiger partial charge in [-0.05, 0) is 36.8 Å². The first-order valence-electron chi connectivity index (χ1n) is 6.35. The molecule has 0 amide bonds. The van der Waals surface area contributed by atoms with Gasteiger partial charge in [0.2, 0.25) is 0 Å². The lowest BCUT2D eigenvalue weighted by atomic mass is 10.1. The molecule has 1 aromatic carbocycles. The highest BCUT2D eigenvalue weighted by atomic mass is 35.5. The van der Waals surface area contributed by atoms with Crippen molar-refractivity contribution in [2.45, 2.75) is 19.8 Å². The van der Waals surface area contributed by atoms with E-state index < -0.39 is 0 Å². The first-order chi connectivity index (χ1) is 9.28. The van der Waals surface area contributed by atoms with E-state index in [4.69, 9.17) is 11.6 Å². The number of hydrogen-bond donors (Lipinski definition) is 1. The van der Waals surface area contributed by atoms with Gasteiger partial charge in [-0.1, -0.05) is 30.4 Å². The predicted molar refractivity (Wildman–Crippen MR) is 80.4 cm³/mol. The Bertz CT molecular complexity index is 806. The fourth-order valence-electron chi connectivity index (χ4n) is 2.12. The van der Waals surface area contributed by atoms with E-state index in [0.29, 0.717) is 5.15 Å². The molecule has 3 aromatic rings. The van der Waals surface area contributed by atoms with Gasteiger partial charge in [-0.3, -0.25) is 0 Å². The summed E-state index contributed by atoms with van der Waals surface area (Å²) in [5.41, 5.74) is 2.92. The second-order valence-corrected chi connectivity index (χ2v) is 4.85. The number of pyridine rings is 1. The molecule has 0 spiro atoms. The van der Waals surface area contributed by atoms with Gasteiger partial charge in [0.15, 0.2) is 0 Å². The number of unbranched alkanes of at least 4 members (excludes halogenated alkanes) is 1. The number of H-pyrrole nitrogens is 1. The van der Waals surface area contributed by atoms with Crippen molar-refractivity contribution in [1.29, 1.82) is 0 Å². The smallest absolute Gasteiger partial charge is 0.140 e. The van der Waals surface area contributed by atoms with Gasteiger partial charge >= 0.3 is 0 Å². The molecule has 2 aromatic heterocycles. The van der Waals surface area contributed by atoms with Crippen LogP contribution in [-0.2, 0) is 0 Å². The monoisotopic (exact) mass is 268 g/mol. The minimum Gasteiger partial charge on any atom is -0.339 e. The molecule has 0 unspecified atom stereocenters. The van der Waals surface area contributed by atoms with Gasteiger partial charge in [0.25, 0.3) is 0 Å². The number of nitrogens with zero attached hydrogens (tertiary/aromatic N) is 1. The highest BCUT2D eigenvalue weighted by Crippen LogP contribution is 2.26. The molecule has 1 N–H and O–H groups in total. The van der Waals surface area contributed by atoms with E-state index in [1.54, 1.807) is 0 Å². The molecule has 0 bridgehead atoms. The summed E-state index contributed by atoms with van der Waals surface area (Å²) >= 11 is 5.91. The molecule has 94 valence electrons. The quantitative estimate of drug-likeness (QED) is 0.510. The fourth-order valence-corrected chi connectivity index (χ4v) is 2.27. The van der Waals surface area contributed by atoms with Crippen LogP contribution in [0.25, 0.3) is 21.9 Å². The normalized spacial score (nSPS) is 10.6. The van der Waals surface area contributed by atoms with Crippen LogP contribution in [0.2, 0.25) is 5.15 Å². The number of nitrogens with one attached hydrogen (secondary N) is 1. The predicted octanol–water partition coefficient (Wildman–Crippen LogP) is 4.52. The number of aromatic amines is 1. The summed E-state index contributed by atoms with van der Waals surface area (Å²) in [5, 5.41) is 2.73. The molecule has 0 radical (unpaired) electrons. The average molecular weight is 269 g/mol. The summed E-state index contributed by atoms with van der Waals surface area (Å²) in [4.78, 5) is 7.56. The van der Waals surface area contributed by atoms with Gasteiger partial charge in [0.05, 0.1) is 0 Å². The summed E-state index contributed by atoms with van der Waals surface area (Å²) in [6.07, 6.45) is 2.02. The van der Waals surface area contributed by atoms with Crippen LogP contribution in [-0.4, -0.2) is 9.97 Å². The second-order valence-electron chi connectivity index (χ2n) is 4.47. The van der Waals surface area contributed by atoms with Crippen LogP contribution in [0.1, 0.15) is 25.3 Å². The summed E-state index contributed by atoms with van der Waals surface area (Å²) in [5.74, 6) is 6.36. The van der Waals surface area contributed by atoms with Crippen molar-refractivity contribution in [3.8, 4) is 11.8 Å². The Labute approximate surface area is 116 Å². The first-order valence-corrected chi connectivity index (χ1v) is 6.72. The standard InChI is InChI=1S/C16H13ClN2/c1-2-3-4-5-11-6-8-14-13(10-11)12-7-9-15(17)19-16(12)18-14/h6-10H,2-3H2,1H3,(H,18,19). The number of aromatic nitrogens is 2. The third-order valence-electron chi connectivity index (χ3n) is 3.03. The molecule has 2 heterocycles. The third-order valence-corrected chi connectivity index (χ3v) is 3.24. The average Bonchev–Trinajstić information content (AvgIpc) is 2.76. The van der Waals surface area contributed by atoms with Crippen molar-refractivity contribution < 1.29 is 0 Å². The highest BCUT2D eigenvalue weighted by Gasteiger charge is 2.05. The summed E-state index contributed by atoms with van der Waals surface area (Å²) in [6, 6.07) is 9.98. The van der Waals surface area contributed by atoms with Crippen LogP contribution in [0, 0.1) is 11.8 Å². The van der Waals surface area contributed by atoms with Gasteiger partial charge in [-0.2, -0.15) is 0 Å². The van der Waals surface area contributed by atoms with Crippen LogP contribution in [0.3, 0.4) is 0 Å². The molecule has 19 heavy (non-hydrogen) atoms. The van der Waals surface area contributed by atoms with Gasteiger partial charge in [-0.15, -0.1) is 0 Å². The lowest BCUT2D eigenvalue weighted by molar-refractivity contribution is 0.983. The Morgan fingerprint density at radius 3 is 2.95 bits per heavy atom. The van der Waals surface area contributed by atoms with Gasteiger partial charge in [-0.25, -0.2) is 4.98 Å². The van der Waals surface area contributed by atoms with Crippen molar-refractivity contribution >= 4 is 33.5 Å². The zero-order valence-electron chi connectivity index (χ0n) is 10.6. The van der Waals surface area contributed by atoms with Gasteiger partial charge in [0, 0.05) is 28.3 Å². The van der Waals surface area contributed by atoms with E-state index in [0.717, 1.165) is 40.3 Å². The molecule has 0 saturated carbocycles. The molecular formula is C16H13ClN2. The number of hydrogen-bond acceptors (Lipinski definition) is 1. The van der Waals surface area contributed by atoms with Gasteiger partial charge < -0.3 is 4.98 Å². The second kappa shape index (κ2) is 4.95. The molecule has 0 aliphatic rings. The Kier molecular flexibility index (Phi) is 3.15. The maximum absolute atomic E-state index is 5.91. The van der Waals surface area contributed by atoms with E-state index in [1.165, 1.54) is 0 Å². The van der Waals surface area contributed by atoms with Crippen LogP contribution in [0.4, 0.5) is 0 Å². The van der Waals surface area contributed by atoms with Crippen molar-refractivity contribution in [2.75, 3.05) is 0 Å². The summed E-state index contributed by atoms with van der Waals surface area (Å²) < 4.78 is 0. The Balaban J connectivity index is 2.17. The first kappa shape index (κ1) is 12.1. The third kappa shape index (κ3) is 2.30. The zero-order chi connectivity index (χ0) is 13.2. The van der Waals surface area contributed by atoms with E-state index >= 15 is 0 Å². The molecule has 0 aliphatic heterocycles. The SMILES string of the molecule is CCCC#Cc1ccc2[nH]c3nc(Cl)ccc3c2c1. The highest BCUT2D eigenvalue weighted by molar-refractivity contribution is 6.30. The molecule has 0 atom stereocenters. The van der Waals surface area contributed by atoms with Crippen molar-refractivity contribution in [3.05, 3.63) is 41.0 Å². The largest absolute Gasteiger partial charge is 0.339 e. The zero-order valence-corrected chi connectivity index (χ0v) is 11.4. The molecule has 2 nitrogen and oxygen atoms in total. The van der Waals surface area contributed by atoms with E-state index in [1.807, 2.05) is 24.3 Å². The number of halogens is 1. The number of rotatable bonds is 1. The molecule has 3 heteroatoms. The number of fused-ring (bicyclic) bond motifs is 3. The molecule has 3 rings (SSSR count). The molecular weight excluding hydrogens is 256 g/mol. The molecule has 0 saturated heterocycles. The minimum absolute atomic E-state index is 0.502. The Morgan fingerprint density at radius 1 is 1.21 bits per heavy atom. The molecule has 0 fully saturated rings. The lowest BCUT2D eigenvalue weighted by Crippen LogP contribution is -1.75. The lowest BCUT2D eigenvalue weighted by Gasteiger charge is -1.93. The maximum atomic E-state index is 5.91. The van der Waals surface area contributed by atoms with E-state index in [-0.39, 0.29) is 0 Å². The van der Waals surface area contributed by atoms with Crippen LogP contribution < -0.4 is 0 Å². The van der Waals surface area contributed by atoms with Crippen molar-refractivity contribution in [1.82, 2.24) is 9.97 Å². The summed E-state index contributed by atoms with van der Waals surface area (Å²) in [6.45, 7) is 2.13. The fraction of sp³-hybridized carbons (Fsp3) is 0.188. The van der Waals surface area contributed by atoms with Crippen LogP contribution in [0.5, 0.6) is 0 Å². The number of benzene rings is 1. The van der Waals surface area contributed by atoms with E-state index in [2.05, 4.69) is 34.8 Å².